The van der Waals surface area contributed by atoms with Crippen LogP contribution < -0.4 is 16.1 Å². The van der Waals surface area contributed by atoms with Crippen LogP contribution in [0.2, 0.25) is 5.02 Å². The second-order valence-corrected chi connectivity index (χ2v) is 8.10. The fraction of sp³-hybridized carbons (Fsp3) is 0.333. The van der Waals surface area contributed by atoms with Gasteiger partial charge in [0.2, 0.25) is 10.0 Å². The summed E-state index contributed by atoms with van der Waals surface area (Å²) in [6.45, 7) is 3.37. The molecule has 0 atom stereocenters. The van der Waals surface area contributed by atoms with Crippen LogP contribution >= 0.6 is 11.6 Å². The van der Waals surface area contributed by atoms with Crippen molar-refractivity contribution in [3.05, 3.63) is 55.8 Å². The van der Waals surface area contributed by atoms with Crippen LogP contribution in [0.1, 0.15) is 5.56 Å². The SMILES string of the molecule is Cc1ccc(Cl)cc1N1CCN(S(=O)(=O)c2c[nH]c(=O)[nH]c2=O)CC1. The average Bonchev–Trinajstić information content (AvgIpc) is 2.57. The zero-order valence-electron chi connectivity index (χ0n) is 13.5. The minimum Gasteiger partial charge on any atom is -0.369 e. The molecule has 8 nitrogen and oxygen atoms in total. The summed E-state index contributed by atoms with van der Waals surface area (Å²) in [6, 6.07) is 5.58. The van der Waals surface area contributed by atoms with Crippen LogP contribution in [0.4, 0.5) is 5.69 Å². The Morgan fingerprint density at radius 2 is 1.80 bits per heavy atom. The number of hydrogen-bond donors (Lipinski definition) is 2. The summed E-state index contributed by atoms with van der Waals surface area (Å²) in [4.78, 5) is 28.6. The van der Waals surface area contributed by atoms with Crippen LogP contribution in [0.5, 0.6) is 0 Å². The molecule has 1 aliphatic heterocycles. The van der Waals surface area contributed by atoms with Crippen molar-refractivity contribution in [3.8, 4) is 0 Å². The number of aromatic amines is 2. The summed E-state index contributed by atoms with van der Waals surface area (Å²) in [7, 11) is -3.97. The largest absolute Gasteiger partial charge is 0.369 e. The third-order valence-electron chi connectivity index (χ3n) is 4.15. The van der Waals surface area contributed by atoms with Gasteiger partial charge in [-0.15, -0.1) is 0 Å². The number of H-pyrrole nitrogens is 2. The van der Waals surface area contributed by atoms with Crippen molar-refractivity contribution in [3.63, 3.8) is 0 Å². The highest BCUT2D eigenvalue weighted by Crippen LogP contribution is 2.26. The van der Waals surface area contributed by atoms with Gasteiger partial charge in [0.1, 0.15) is 0 Å². The number of benzene rings is 1. The molecule has 1 aliphatic rings. The molecule has 1 fully saturated rings. The molecule has 1 saturated heterocycles. The van der Waals surface area contributed by atoms with E-state index in [-0.39, 0.29) is 13.1 Å². The van der Waals surface area contributed by atoms with Gasteiger partial charge in [-0.3, -0.25) is 9.78 Å². The second kappa shape index (κ2) is 6.66. The van der Waals surface area contributed by atoms with Crippen LogP contribution in [0.15, 0.2) is 38.9 Å². The number of halogens is 1. The Morgan fingerprint density at radius 3 is 2.44 bits per heavy atom. The van der Waals surface area contributed by atoms with E-state index in [4.69, 9.17) is 11.6 Å². The first-order valence-electron chi connectivity index (χ1n) is 7.62. The Labute approximate surface area is 149 Å². The number of hydrogen-bond acceptors (Lipinski definition) is 5. The Balaban J connectivity index is 1.81. The highest BCUT2D eigenvalue weighted by molar-refractivity contribution is 7.89. The number of anilines is 1. The summed E-state index contributed by atoms with van der Waals surface area (Å²) in [5, 5.41) is 0.621. The van der Waals surface area contributed by atoms with E-state index in [9.17, 15) is 18.0 Å². The normalized spacial score (nSPS) is 16.2. The molecule has 0 spiro atoms. The summed E-state index contributed by atoms with van der Waals surface area (Å²) >= 11 is 6.05. The number of rotatable bonds is 3. The van der Waals surface area contributed by atoms with Crippen molar-refractivity contribution < 1.29 is 8.42 Å². The topological polar surface area (TPSA) is 106 Å². The predicted molar refractivity (Wildman–Crippen MR) is 94.8 cm³/mol. The number of sulfonamides is 1. The van der Waals surface area contributed by atoms with Crippen molar-refractivity contribution in [1.29, 1.82) is 0 Å². The average molecular weight is 385 g/mol. The third-order valence-corrected chi connectivity index (χ3v) is 6.29. The third kappa shape index (κ3) is 3.48. The van der Waals surface area contributed by atoms with E-state index < -0.39 is 26.2 Å². The van der Waals surface area contributed by atoms with Crippen LogP contribution in [-0.4, -0.2) is 48.9 Å². The maximum atomic E-state index is 12.6. The highest BCUT2D eigenvalue weighted by Gasteiger charge is 2.31. The molecule has 134 valence electrons. The Bertz CT molecular complexity index is 1010. The Morgan fingerprint density at radius 1 is 1.12 bits per heavy atom. The lowest BCUT2D eigenvalue weighted by Gasteiger charge is -2.36. The molecule has 0 bridgehead atoms. The lowest BCUT2D eigenvalue weighted by molar-refractivity contribution is 0.384. The summed E-state index contributed by atoms with van der Waals surface area (Å²) < 4.78 is 26.5. The zero-order chi connectivity index (χ0) is 18.2. The lowest BCUT2D eigenvalue weighted by Crippen LogP contribution is -2.49. The lowest BCUT2D eigenvalue weighted by atomic mass is 10.1. The van der Waals surface area contributed by atoms with Gasteiger partial charge in [-0.2, -0.15) is 4.31 Å². The molecule has 25 heavy (non-hydrogen) atoms. The first-order chi connectivity index (χ1) is 11.8. The molecule has 1 aromatic carbocycles. The fourth-order valence-electron chi connectivity index (χ4n) is 2.82. The second-order valence-electron chi connectivity index (χ2n) is 5.76. The van der Waals surface area contributed by atoms with Crippen molar-refractivity contribution in [2.24, 2.45) is 0 Å². The van der Waals surface area contributed by atoms with Gasteiger partial charge >= 0.3 is 5.69 Å². The van der Waals surface area contributed by atoms with Crippen LogP contribution in [0, 0.1) is 6.92 Å². The first-order valence-corrected chi connectivity index (χ1v) is 9.44. The highest BCUT2D eigenvalue weighted by atomic mass is 35.5. The molecule has 2 heterocycles. The zero-order valence-corrected chi connectivity index (χ0v) is 15.0. The van der Waals surface area contributed by atoms with E-state index in [2.05, 4.69) is 9.88 Å². The van der Waals surface area contributed by atoms with Crippen LogP contribution in [-0.2, 0) is 10.0 Å². The molecule has 2 aromatic rings. The molecule has 10 heteroatoms. The van der Waals surface area contributed by atoms with Gasteiger partial charge in [-0.05, 0) is 24.6 Å². The van der Waals surface area contributed by atoms with Crippen molar-refractivity contribution in [1.82, 2.24) is 14.3 Å². The summed E-state index contributed by atoms with van der Waals surface area (Å²) in [5.74, 6) is 0. The summed E-state index contributed by atoms with van der Waals surface area (Å²) in [6.07, 6.45) is 0.935. The van der Waals surface area contributed by atoms with Crippen LogP contribution in [0.3, 0.4) is 0 Å². The van der Waals surface area contributed by atoms with Crippen molar-refractivity contribution in [2.45, 2.75) is 11.8 Å². The quantitative estimate of drug-likeness (QED) is 0.803. The van der Waals surface area contributed by atoms with Crippen molar-refractivity contribution >= 4 is 27.3 Å². The van der Waals surface area contributed by atoms with Gasteiger partial charge in [0.05, 0.1) is 0 Å². The van der Waals surface area contributed by atoms with Gasteiger partial charge in [0, 0.05) is 43.1 Å². The standard InChI is InChI=1S/C15H17ClN4O4S/c1-10-2-3-11(16)8-12(10)19-4-6-20(7-5-19)25(23,24)13-9-17-15(22)18-14(13)21/h2-3,8-9H,4-7H2,1H3,(H2,17,18,21,22). The minimum absolute atomic E-state index is 0.229. The minimum atomic E-state index is -3.97. The number of piperazine rings is 1. The van der Waals surface area contributed by atoms with E-state index in [0.717, 1.165) is 17.4 Å². The molecular weight excluding hydrogens is 368 g/mol. The predicted octanol–water partition coefficient (Wildman–Crippen LogP) is 0.536. The molecule has 1 aromatic heterocycles. The molecule has 0 unspecified atom stereocenters. The van der Waals surface area contributed by atoms with E-state index in [1.165, 1.54) is 4.31 Å². The number of nitrogens with zero attached hydrogens (tertiary/aromatic N) is 2. The molecule has 3 rings (SSSR count). The molecule has 0 saturated carbocycles. The fourth-order valence-corrected chi connectivity index (χ4v) is 4.40. The molecular formula is C15H17ClN4O4S. The van der Waals surface area contributed by atoms with Crippen LogP contribution in [0.25, 0.3) is 0 Å². The van der Waals surface area contributed by atoms with Gasteiger partial charge in [0.25, 0.3) is 5.56 Å². The Hall–Kier alpha value is -2.10. The Kier molecular flexibility index (Phi) is 4.72. The molecule has 2 N–H and O–H groups in total. The first kappa shape index (κ1) is 17.7. The molecule has 0 radical (unpaired) electrons. The van der Waals surface area contributed by atoms with Gasteiger partial charge in [-0.25, -0.2) is 13.2 Å². The summed E-state index contributed by atoms with van der Waals surface area (Å²) in [5.41, 5.74) is 0.353. The van der Waals surface area contributed by atoms with E-state index in [1.807, 2.05) is 30.1 Å². The van der Waals surface area contributed by atoms with E-state index >= 15 is 0 Å². The smallest absolute Gasteiger partial charge is 0.325 e. The molecule has 0 amide bonds. The molecule has 0 aliphatic carbocycles. The van der Waals surface area contributed by atoms with E-state index in [0.29, 0.717) is 18.1 Å². The number of aryl methyl sites for hydroxylation is 1. The van der Waals surface area contributed by atoms with Gasteiger partial charge in [-0.1, -0.05) is 17.7 Å². The maximum absolute atomic E-state index is 12.6. The monoisotopic (exact) mass is 384 g/mol. The maximum Gasteiger partial charge on any atom is 0.325 e. The van der Waals surface area contributed by atoms with Gasteiger partial charge < -0.3 is 9.88 Å². The van der Waals surface area contributed by atoms with E-state index in [1.54, 1.807) is 0 Å². The van der Waals surface area contributed by atoms with Crippen molar-refractivity contribution in [2.75, 3.05) is 31.1 Å². The van der Waals surface area contributed by atoms with Gasteiger partial charge in [0.15, 0.2) is 4.90 Å². The number of nitrogens with one attached hydrogen (secondary N) is 2. The number of aromatic nitrogens is 2.